The first-order valence-corrected chi connectivity index (χ1v) is 7.23. The van der Waals surface area contributed by atoms with Gasteiger partial charge in [-0.15, -0.1) is 0 Å². The maximum Gasteiger partial charge on any atom is 0.132 e. The SMILES string of the molecule is CCCNc1cc(NCC2(O)CCC2)nc(CC)n1. The van der Waals surface area contributed by atoms with Crippen LogP contribution in [0.2, 0.25) is 0 Å². The van der Waals surface area contributed by atoms with Crippen molar-refractivity contribution in [2.75, 3.05) is 23.7 Å². The van der Waals surface area contributed by atoms with Gasteiger partial charge in [-0.1, -0.05) is 13.8 Å². The molecule has 1 aromatic heterocycles. The summed E-state index contributed by atoms with van der Waals surface area (Å²) in [5.41, 5.74) is -0.533. The third-order valence-corrected chi connectivity index (χ3v) is 3.53. The summed E-state index contributed by atoms with van der Waals surface area (Å²) in [6.07, 6.45) is 4.75. The summed E-state index contributed by atoms with van der Waals surface area (Å²) in [5.74, 6) is 2.48. The number of nitrogens with one attached hydrogen (secondary N) is 2. The zero-order chi connectivity index (χ0) is 13.7. The second-order valence-electron chi connectivity index (χ2n) is 5.27. The molecule has 19 heavy (non-hydrogen) atoms. The maximum atomic E-state index is 10.1. The minimum atomic E-state index is -0.533. The van der Waals surface area contributed by atoms with Gasteiger partial charge in [0.15, 0.2) is 0 Å². The van der Waals surface area contributed by atoms with Crippen LogP contribution >= 0.6 is 0 Å². The highest BCUT2D eigenvalue weighted by Crippen LogP contribution is 2.31. The number of aliphatic hydroxyl groups is 1. The zero-order valence-corrected chi connectivity index (χ0v) is 11.9. The molecule has 5 heteroatoms. The summed E-state index contributed by atoms with van der Waals surface area (Å²) < 4.78 is 0. The molecule has 0 saturated heterocycles. The lowest BCUT2D eigenvalue weighted by molar-refractivity contribution is -0.0202. The van der Waals surface area contributed by atoms with Gasteiger partial charge in [0.2, 0.25) is 0 Å². The number of aromatic nitrogens is 2. The van der Waals surface area contributed by atoms with Crippen molar-refractivity contribution in [3.63, 3.8) is 0 Å². The van der Waals surface area contributed by atoms with E-state index in [4.69, 9.17) is 0 Å². The fourth-order valence-corrected chi connectivity index (χ4v) is 2.11. The molecular weight excluding hydrogens is 240 g/mol. The Labute approximate surface area is 114 Å². The van der Waals surface area contributed by atoms with Crippen LogP contribution in [0.3, 0.4) is 0 Å². The Kier molecular flexibility index (Phi) is 4.58. The van der Waals surface area contributed by atoms with Gasteiger partial charge in [0.25, 0.3) is 0 Å². The van der Waals surface area contributed by atoms with Crippen molar-refractivity contribution in [3.8, 4) is 0 Å². The molecule has 3 N–H and O–H groups in total. The molecule has 0 spiro atoms. The monoisotopic (exact) mass is 264 g/mol. The molecule has 1 fully saturated rings. The van der Waals surface area contributed by atoms with Crippen LogP contribution in [0.25, 0.3) is 0 Å². The normalized spacial score (nSPS) is 16.8. The van der Waals surface area contributed by atoms with Crippen LogP contribution in [0.4, 0.5) is 11.6 Å². The van der Waals surface area contributed by atoms with Crippen molar-refractivity contribution in [2.45, 2.75) is 51.6 Å². The number of nitrogens with zero attached hydrogens (tertiary/aromatic N) is 2. The molecular formula is C14H24N4O. The van der Waals surface area contributed by atoms with E-state index in [0.29, 0.717) is 6.54 Å². The van der Waals surface area contributed by atoms with Gasteiger partial charge in [-0.25, -0.2) is 9.97 Å². The minimum absolute atomic E-state index is 0.533. The summed E-state index contributed by atoms with van der Waals surface area (Å²) in [5, 5.41) is 16.6. The van der Waals surface area contributed by atoms with Crippen LogP contribution in [0.5, 0.6) is 0 Å². The van der Waals surface area contributed by atoms with Crippen molar-refractivity contribution < 1.29 is 5.11 Å². The lowest BCUT2D eigenvalue weighted by atomic mass is 9.80. The molecule has 1 aromatic rings. The summed E-state index contributed by atoms with van der Waals surface area (Å²) >= 11 is 0. The lowest BCUT2D eigenvalue weighted by Gasteiger charge is -2.36. The highest BCUT2D eigenvalue weighted by Gasteiger charge is 2.34. The van der Waals surface area contributed by atoms with E-state index in [9.17, 15) is 5.11 Å². The largest absolute Gasteiger partial charge is 0.388 e. The van der Waals surface area contributed by atoms with Crippen LogP contribution in [0, 0.1) is 0 Å². The Hall–Kier alpha value is -1.36. The molecule has 5 nitrogen and oxygen atoms in total. The predicted molar refractivity (Wildman–Crippen MR) is 77.5 cm³/mol. The third-order valence-electron chi connectivity index (χ3n) is 3.53. The molecule has 0 aliphatic heterocycles. The van der Waals surface area contributed by atoms with Crippen molar-refractivity contribution >= 4 is 11.6 Å². The number of rotatable bonds is 7. The van der Waals surface area contributed by atoms with Gasteiger partial charge in [-0.05, 0) is 25.7 Å². The summed E-state index contributed by atoms with van der Waals surface area (Å²) in [7, 11) is 0. The highest BCUT2D eigenvalue weighted by molar-refractivity contribution is 5.47. The Morgan fingerprint density at radius 3 is 2.42 bits per heavy atom. The zero-order valence-electron chi connectivity index (χ0n) is 11.9. The van der Waals surface area contributed by atoms with Crippen molar-refractivity contribution in [2.24, 2.45) is 0 Å². The molecule has 1 saturated carbocycles. The Bertz CT molecular complexity index is 418. The summed E-state index contributed by atoms with van der Waals surface area (Å²) in [6.45, 7) is 5.65. The first kappa shape index (κ1) is 14.1. The Morgan fingerprint density at radius 2 is 1.89 bits per heavy atom. The first-order chi connectivity index (χ1) is 9.15. The average molecular weight is 264 g/mol. The van der Waals surface area contributed by atoms with Gasteiger partial charge in [-0.3, -0.25) is 0 Å². The quantitative estimate of drug-likeness (QED) is 0.704. The number of aryl methyl sites for hydroxylation is 1. The van der Waals surface area contributed by atoms with Gasteiger partial charge < -0.3 is 15.7 Å². The van der Waals surface area contributed by atoms with Gasteiger partial charge in [-0.2, -0.15) is 0 Å². The van der Waals surface area contributed by atoms with Crippen molar-refractivity contribution in [1.82, 2.24) is 9.97 Å². The van der Waals surface area contributed by atoms with Crippen molar-refractivity contribution in [3.05, 3.63) is 11.9 Å². The topological polar surface area (TPSA) is 70.1 Å². The molecule has 2 rings (SSSR count). The molecule has 1 aliphatic rings. The molecule has 1 heterocycles. The molecule has 0 unspecified atom stereocenters. The standard InChI is InChI=1S/C14H24N4O/c1-3-8-15-12-9-13(18-11(4-2)17-12)16-10-14(19)6-5-7-14/h9,19H,3-8,10H2,1-2H3,(H2,15,16,17,18). The predicted octanol–water partition coefficient (Wildman–Crippen LogP) is 2.19. The molecule has 0 bridgehead atoms. The van der Waals surface area contributed by atoms with E-state index in [-0.39, 0.29) is 0 Å². The van der Waals surface area contributed by atoms with Crippen LogP contribution in [0.1, 0.15) is 45.4 Å². The summed E-state index contributed by atoms with van der Waals surface area (Å²) in [6, 6.07) is 1.91. The van der Waals surface area contributed by atoms with Crippen LogP contribution in [-0.4, -0.2) is 33.8 Å². The van der Waals surface area contributed by atoms with E-state index in [1.807, 2.05) is 13.0 Å². The van der Waals surface area contributed by atoms with Crippen molar-refractivity contribution in [1.29, 1.82) is 0 Å². The molecule has 0 aromatic carbocycles. The minimum Gasteiger partial charge on any atom is -0.388 e. The average Bonchev–Trinajstić information content (AvgIpc) is 2.40. The Morgan fingerprint density at radius 1 is 1.21 bits per heavy atom. The second kappa shape index (κ2) is 6.19. The third kappa shape index (κ3) is 3.80. The van der Waals surface area contributed by atoms with Gasteiger partial charge >= 0.3 is 0 Å². The molecule has 106 valence electrons. The fraction of sp³-hybridized carbons (Fsp3) is 0.714. The van der Waals surface area contributed by atoms with Crippen LogP contribution < -0.4 is 10.6 Å². The van der Waals surface area contributed by atoms with E-state index < -0.39 is 5.60 Å². The highest BCUT2D eigenvalue weighted by atomic mass is 16.3. The molecule has 0 radical (unpaired) electrons. The van der Waals surface area contributed by atoms with Gasteiger partial charge in [0.1, 0.15) is 17.5 Å². The number of hydrogen-bond donors (Lipinski definition) is 3. The maximum absolute atomic E-state index is 10.1. The smallest absolute Gasteiger partial charge is 0.132 e. The van der Waals surface area contributed by atoms with Gasteiger partial charge in [0, 0.05) is 25.6 Å². The molecule has 0 atom stereocenters. The fourth-order valence-electron chi connectivity index (χ4n) is 2.11. The van der Waals surface area contributed by atoms with E-state index >= 15 is 0 Å². The first-order valence-electron chi connectivity index (χ1n) is 7.23. The van der Waals surface area contributed by atoms with E-state index in [1.54, 1.807) is 0 Å². The van der Waals surface area contributed by atoms with E-state index in [2.05, 4.69) is 27.5 Å². The van der Waals surface area contributed by atoms with Crippen LogP contribution in [0.15, 0.2) is 6.07 Å². The molecule has 1 aliphatic carbocycles. The van der Waals surface area contributed by atoms with Gasteiger partial charge in [0.05, 0.1) is 5.60 Å². The summed E-state index contributed by atoms with van der Waals surface area (Å²) in [4.78, 5) is 8.89. The van der Waals surface area contributed by atoms with E-state index in [0.717, 1.165) is 56.1 Å². The van der Waals surface area contributed by atoms with E-state index in [1.165, 1.54) is 0 Å². The van der Waals surface area contributed by atoms with Crippen LogP contribution in [-0.2, 0) is 6.42 Å². The Balaban J connectivity index is 2.01. The number of anilines is 2. The lowest BCUT2D eigenvalue weighted by Crippen LogP contribution is -2.43. The second-order valence-corrected chi connectivity index (χ2v) is 5.27. The molecule has 0 amide bonds. The number of hydrogen-bond acceptors (Lipinski definition) is 5.